The Morgan fingerprint density at radius 2 is 2.24 bits per heavy atom. The van der Waals surface area contributed by atoms with Crippen LogP contribution in [0.1, 0.15) is 11.1 Å². The fourth-order valence-corrected chi connectivity index (χ4v) is 2.15. The van der Waals surface area contributed by atoms with Crippen LogP contribution in [0, 0.1) is 5.82 Å². The largest absolute Gasteiger partial charge is 0.338 e. The van der Waals surface area contributed by atoms with Gasteiger partial charge in [0.2, 0.25) is 5.91 Å². The number of hydrogen-bond donors (Lipinski definition) is 0. The monoisotopic (exact) mass is 348 g/mol. The molecule has 5 heteroatoms. The Labute approximate surface area is 131 Å². The molecule has 21 heavy (non-hydrogen) atoms. The minimum absolute atomic E-state index is 0.196. The third-order valence-electron chi connectivity index (χ3n) is 2.88. The highest BCUT2D eigenvalue weighted by Gasteiger charge is 2.06. The summed E-state index contributed by atoms with van der Waals surface area (Å²) in [4.78, 5) is 17.5. The Hall–Kier alpha value is -2.01. The highest BCUT2D eigenvalue weighted by molar-refractivity contribution is 9.10. The van der Waals surface area contributed by atoms with Crippen LogP contribution >= 0.6 is 15.9 Å². The van der Waals surface area contributed by atoms with Crippen molar-refractivity contribution in [2.24, 2.45) is 0 Å². The van der Waals surface area contributed by atoms with E-state index in [0.717, 1.165) is 10.0 Å². The van der Waals surface area contributed by atoms with E-state index in [1.807, 2.05) is 12.1 Å². The number of nitrogens with zero attached hydrogens (tertiary/aromatic N) is 2. The van der Waals surface area contributed by atoms with Crippen molar-refractivity contribution in [3.05, 3.63) is 70.2 Å². The maximum atomic E-state index is 13.6. The van der Waals surface area contributed by atoms with E-state index in [1.165, 1.54) is 18.2 Å². The number of carbonyl (C=O) groups is 1. The number of likely N-dealkylation sites (N-methyl/N-ethyl adjacent to an activating group) is 1. The molecule has 0 bridgehead atoms. The van der Waals surface area contributed by atoms with Gasteiger partial charge in [0.05, 0.1) is 0 Å². The number of rotatable bonds is 4. The van der Waals surface area contributed by atoms with Crippen LogP contribution in [0.5, 0.6) is 0 Å². The third-order valence-corrected chi connectivity index (χ3v) is 3.38. The summed E-state index contributed by atoms with van der Waals surface area (Å²) >= 11 is 3.27. The van der Waals surface area contributed by atoms with E-state index in [-0.39, 0.29) is 11.7 Å². The number of carbonyl (C=O) groups excluding carboxylic acids is 1. The van der Waals surface area contributed by atoms with Crippen molar-refractivity contribution >= 4 is 27.9 Å². The number of benzene rings is 1. The topological polar surface area (TPSA) is 33.2 Å². The number of amides is 1. The molecule has 0 saturated heterocycles. The average molecular weight is 349 g/mol. The fraction of sp³-hybridized carbons (Fsp3) is 0.125. The molecule has 1 heterocycles. The van der Waals surface area contributed by atoms with Gasteiger partial charge in [0, 0.05) is 42.1 Å². The first kappa shape index (κ1) is 15.4. The van der Waals surface area contributed by atoms with Crippen LogP contribution in [-0.4, -0.2) is 22.8 Å². The summed E-state index contributed by atoms with van der Waals surface area (Å²) in [6.07, 6.45) is 6.23. The van der Waals surface area contributed by atoms with Gasteiger partial charge in [0.1, 0.15) is 5.82 Å². The first-order valence-corrected chi connectivity index (χ1v) is 7.12. The standard InChI is InChI=1S/C16H14BrFN2O/c1-20(11-12-3-2-8-19-10-12)16(21)7-4-13-9-14(17)5-6-15(13)18/h2-10H,11H2,1H3/b7-4+. The summed E-state index contributed by atoms with van der Waals surface area (Å²) in [5.74, 6) is -0.560. The van der Waals surface area contributed by atoms with E-state index < -0.39 is 0 Å². The van der Waals surface area contributed by atoms with Gasteiger partial charge >= 0.3 is 0 Å². The van der Waals surface area contributed by atoms with Gasteiger partial charge in [-0.3, -0.25) is 9.78 Å². The molecule has 0 aliphatic carbocycles. The van der Waals surface area contributed by atoms with Crippen LogP contribution in [0.2, 0.25) is 0 Å². The molecule has 1 amide bonds. The van der Waals surface area contributed by atoms with Crippen molar-refractivity contribution in [1.82, 2.24) is 9.88 Å². The fourth-order valence-electron chi connectivity index (χ4n) is 1.77. The molecule has 3 nitrogen and oxygen atoms in total. The molecule has 0 atom stereocenters. The Kier molecular flexibility index (Phi) is 5.22. The quantitative estimate of drug-likeness (QED) is 0.790. The lowest BCUT2D eigenvalue weighted by Gasteiger charge is -2.14. The molecule has 0 aliphatic rings. The zero-order valence-electron chi connectivity index (χ0n) is 11.5. The van der Waals surface area contributed by atoms with Gasteiger partial charge < -0.3 is 4.90 Å². The van der Waals surface area contributed by atoms with Crippen molar-refractivity contribution < 1.29 is 9.18 Å². The van der Waals surface area contributed by atoms with E-state index in [4.69, 9.17) is 0 Å². The third kappa shape index (κ3) is 4.49. The van der Waals surface area contributed by atoms with Crippen molar-refractivity contribution in [3.8, 4) is 0 Å². The maximum absolute atomic E-state index is 13.6. The smallest absolute Gasteiger partial charge is 0.246 e. The summed E-state index contributed by atoms with van der Waals surface area (Å²) in [7, 11) is 1.69. The molecule has 0 N–H and O–H groups in total. The lowest BCUT2D eigenvalue weighted by molar-refractivity contribution is -0.125. The van der Waals surface area contributed by atoms with Crippen molar-refractivity contribution in [2.45, 2.75) is 6.54 Å². The molecule has 2 aromatic rings. The molecule has 108 valence electrons. The lowest BCUT2D eigenvalue weighted by atomic mass is 10.2. The molecule has 1 aromatic heterocycles. The van der Waals surface area contributed by atoms with E-state index in [2.05, 4.69) is 20.9 Å². The van der Waals surface area contributed by atoms with E-state index >= 15 is 0 Å². The zero-order chi connectivity index (χ0) is 15.2. The predicted octanol–water partition coefficient (Wildman–Crippen LogP) is 3.66. The highest BCUT2D eigenvalue weighted by atomic mass is 79.9. The normalized spacial score (nSPS) is 10.8. The lowest BCUT2D eigenvalue weighted by Crippen LogP contribution is -2.24. The Morgan fingerprint density at radius 1 is 1.43 bits per heavy atom. The predicted molar refractivity (Wildman–Crippen MR) is 83.8 cm³/mol. The van der Waals surface area contributed by atoms with Gasteiger partial charge in [0.25, 0.3) is 0 Å². The second-order valence-electron chi connectivity index (χ2n) is 4.55. The first-order valence-electron chi connectivity index (χ1n) is 6.33. The Bertz CT molecular complexity index is 659. The number of halogens is 2. The molecular formula is C16H14BrFN2O. The van der Waals surface area contributed by atoms with Crippen LogP contribution < -0.4 is 0 Å². The summed E-state index contributed by atoms with van der Waals surface area (Å²) in [6, 6.07) is 8.31. The van der Waals surface area contributed by atoms with Crippen molar-refractivity contribution in [2.75, 3.05) is 7.05 Å². The molecule has 0 spiro atoms. The minimum Gasteiger partial charge on any atom is -0.338 e. The molecule has 0 fully saturated rings. The molecule has 0 unspecified atom stereocenters. The Morgan fingerprint density at radius 3 is 2.95 bits per heavy atom. The van der Waals surface area contributed by atoms with Crippen LogP contribution in [0.3, 0.4) is 0 Å². The number of hydrogen-bond acceptors (Lipinski definition) is 2. The molecule has 0 saturated carbocycles. The second kappa shape index (κ2) is 7.13. The maximum Gasteiger partial charge on any atom is 0.246 e. The summed E-state index contributed by atoms with van der Waals surface area (Å²) in [5, 5.41) is 0. The average Bonchev–Trinajstić information content (AvgIpc) is 2.49. The van der Waals surface area contributed by atoms with Gasteiger partial charge in [-0.1, -0.05) is 22.0 Å². The van der Waals surface area contributed by atoms with Gasteiger partial charge in [-0.25, -0.2) is 4.39 Å². The van der Waals surface area contributed by atoms with Gasteiger partial charge in [-0.05, 0) is 35.9 Å². The summed E-state index contributed by atoms with van der Waals surface area (Å²) < 4.78 is 14.3. The Balaban J connectivity index is 2.03. The summed E-state index contributed by atoms with van der Waals surface area (Å²) in [5.41, 5.74) is 1.31. The van der Waals surface area contributed by atoms with Crippen LogP contribution in [0.25, 0.3) is 6.08 Å². The van der Waals surface area contributed by atoms with E-state index in [9.17, 15) is 9.18 Å². The van der Waals surface area contributed by atoms with Gasteiger partial charge in [-0.15, -0.1) is 0 Å². The molecule has 2 rings (SSSR count). The second-order valence-corrected chi connectivity index (χ2v) is 5.47. The molecular weight excluding hydrogens is 335 g/mol. The van der Waals surface area contributed by atoms with E-state index in [1.54, 1.807) is 36.5 Å². The minimum atomic E-state index is -0.364. The highest BCUT2D eigenvalue weighted by Crippen LogP contribution is 2.16. The van der Waals surface area contributed by atoms with Gasteiger partial charge in [0.15, 0.2) is 0 Å². The van der Waals surface area contributed by atoms with Gasteiger partial charge in [-0.2, -0.15) is 0 Å². The SMILES string of the molecule is CN(Cc1cccnc1)C(=O)/C=C/c1cc(Br)ccc1F. The number of pyridine rings is 1. The summed E-state index contributed by atoms with van der Waals surface area (Å²) in [6.45, 7) is 0.456. The molecule has 0 radical (unpaired) electrons. The van der Waals surface area contributed by atoms with Crippen molar-refractivity contribution in [1.29, 1.82) is 0 Å². The van der Waals surface area contributed by atoms with Crippen LogP contribution in [-0.2, 0) is 11.3 Å². The molecule has 0 aliphatic heterocycles. The van der Waals surface area contributed by atoms with Crippen LogP contribution in [0.15, 0.2) is 53.3 Å². The van der Waals surface area contributed by atoms with E-state index in [0.29, 0.717) is 12.1 Å². The first-order chi connectivity index (χ1) is 10.1. The van der Waals surface area contributed by atoms with Crippen LogP contribution in [0.4, 0.5) is 4.39 Å². The van der Waals surface area contributed by atoms with Crippen molar-refractivity contribution in [3.63, 3.8) is 0 Å². The zero-order valence-corrected chi connectivity index (χ0v) is 13.0. The number of aromatic nitrogens is 1. The molecule has 1 aromatic carbocycles.